The second-order valence-electron chi connectivity index (χ2n) is 5.10. The standard InChI is InChI=1S/C11H20N2O/c1-7(2)8(3)13-9(4)12-11(5-6-11)10(13)14/h7-9,12H,5-6H2,1-4H3. The number of nitrogens with zero attached hydrogens (tertiary/aromatic N) is 1. The van der Waals surface area contributed by atoms with Crippen molar-refractivity contribution in [2.45, 2.75) is 58.3 Å². The predicted molar refractivity (Wildman–Crippen MR) is 55.7 cm³/mol. The summed E-state index contributed by atoms with van der Waals surface area (Å²) in [6.45, 7) is 8.57. The Morgan fingerprint density at radius 3 is 2.36 bits per heavy atom. The van der Waals surface area contributed by atoms with Gasteiger partial charge in [-0.3, -0.25) is 10.1 Å². The largest absolute Gasteiger partial charge is 0.323 e. The predicted octanol–water partition coefficient (Wildman–Crippen LogP) is 1.34. The van der Waals surface area contributed by atoms with Crippen LogP contribution in [0.3, 0.4) is 0 Å². The normalized spacial score (nSPS) is 31.6. The Hall–Kier alpha value is -0.570. The van der Waals surface area contributed by atoms with Crippen molar-refractivity contribution in [2.75, 3.05) is 0 Å². The Morgan fingerprint density at radius 2 is 2.00 bits per heavy atom. The zero-order chi connectivity index (χ0) is 10.5. The van der Waals surface area contributed by atoms with E-state index in [1.54, 1.807) is 0 Å². The molecule has 2 rings (SSSR count). The summed E-state index contributed by atoms with van der Waals surface area (Å²) in [5.74, 6) is 0.850. The van der Waals surface area contributed by atoms with E-state index >= 15 is 0 Å². The zero-order valence-corrected chi connectivity index (χ0v) is 9.50. The molecule has 2 unspecified atom stereocenters. The van der Waals surface area contributed by atoms with E-state index in [4.69, 9.17) is 0 Å². The second-order valence-corrected chi connectivity index (χ2v) is 5.10. The summed E-state index contributed by atoms with van der Waals surface area (Å²) in [5.41, 5.74) is -0.150. The number of hydrogen-bond donors (Lipinski definition) is 1. The maximum absolute atomic E-state index is 12.1. The van der Waals surface area contributed by atoms with Gasteiger partial charge in [-0.1, -0.05) is 13.8 Å². The molecule has 14 heavy (non-hydrogen) atoms. The van der Waals surface area contributed by atoms with Gasteiger partial charge in [0.2, 0.25) is 5.91 Å². The van der Waals surface area contributed by atoms with Gasteiger partial charge in [0.15, 0.2) is 0 Å². The molecule has 3 nitrogen and oxygen atoms in total. The van der Waals surface area contributed by atoms with Crippen LogP contribution in [-0.2, 0) is 4.79 Å². The molecule has 80 valence electrons. The summed E-state index contributed by atoms with van der Waals surface area (Å²) in [6, 6.07) is 0.338. The van der Waals surface area contributed by atoms with Crippen molar-refractivity contribution in [2.24, 2.45) is 5.92 Å². The fourth-order valence-electron chi connectivity index (χ4n) is 2.30. The van der Waals surface area contributed by atoms with Crippen LogP contribution in [-0.4, -0.2) is 28.6 Å². The highest BCUT2D eigenvalue weighted by Crippen LogP contribution is 2.43. The number of nitrogens with one attached hydrogen (secondary N) is 1. The summed E-state index contributed by atoms with van der Waals surface area (Å²) < 4.78 is 0. The van der Waals surface area contributed by atoms with Crippen LogP contribution in [0.1, 0.15) is 40.5 Å². The molecule has 1 aliphatic carbocycles. The second kappa shape index (κ2) is 2.96. The fraction of sp³-hybridized carbons (Fsp3) is 0.909. The lowest BCUT2D eigenvalue weighted by molar-refractivity contribution is -0.133. The van der Waals surface area contributed by atoms with Gasteiger partial charge in [0, 0.05) is 6.04 Å². The maximum atomic E-state index is 12.1. The minimum atomic E-state index is -0.150. The summed E-state index contributed by atoms with van der Waals surface area (Å²) in [6.07, 6.45) is 2.26. The molecule has 2 aliphatic rings. The van der Waals surface area contributed by atoms with Crippen LogP contribution in [0.4, 0.5) is 0 Å². The monoisotopic (exact) mass is 196 g/mol. The molecular formula is C11H20N2O. The Labute approximate surface area is 85.8 Å². The molecule has 3 heteroatoms. The molecule has 1 N–H and O–H groups in total. The first kappa shape index (κ1) is 9.97. The number of carbonyl (C=O) groups excluding carboxylic acids is 1. The molecular weight excluding hydrogens is 176 g/mol. The van der Waals surface area contributed by atoms with Crippen molar-refractivity contribution in [1.29, 1.82) is 0 Å². The molecule has 0 aromatic carbocycles. The third kappa shape index (κ3) is 1.26. The molecule has 1 heterocycles. The molecule has 1 saturated heterocycles. The van der Waals surface area contributed by atoms with Gasteiger partial charge in [-0.05, 0) is 32.6 Å². The fourth-order valence-corrected chi connectivity index (χ4v) is 2.30. The number of carbonyl (C=O) groups is 1. The zero-order valence-electron chi connectivity index (χ0n) is 9.50. The Kier molecular flexibility index (Phi) is 2.11. The minimum Gasteiger partial charge on any atom is -0.323 e. The van der Waals surface area contributed by atoms with Gasteiger partial charge < -0.3 is 4.90 Å². The highest BCUT2D eigenvalue weighted by molar-refractivity contribution is 5.92. The van der Waals surface area contributed by atoms with E-state index in [1.165, 1.54) is 0 Å². The third-order valence-corrected chi connectivity index (χ3v) is 3.70. The van der Waals surface area contributed by atoms with Crippen LogP contribution < -0.4 is 5.32 Å². The van der Waals surface area contributed by atoms with Crippen molar-refractivity contribution < 1.29 is 4.79 Å². The number of amides is 1. The average molecular weight is 196 g/mol. The van der Waals surface area contributed by atoms with E-state index in [9.17, 15) is 4.79 Å². The van der Waals surface area contributed by atoms with Crippen molar-refractivity contribution in [3.63, 3.8) is 0 Å². The summed E-state index contributed by atoms with van der Waals surface area (Å²) in [5, 5.41) is 3.42. The first-order valence-corrected chi connectivity index (χ1v) is 5.58. The van der Waals surface area contributed by atoms with Crippen molar-refractivity contribution in [3.8, 4) is 0 Å². The maximum Gasteiger partial charge on any atom is 0.244 e. The smallest absolute Gasteiger partial charge is 0.244 e. The Balaban J connectivity index is 2.15. The molecule has 1 amide bonds. The van der Waals surface area contributed by atoms with Crippen LogP contribution in [0.15, 0.2) is 0 Å². The van der Waals surface area contributed by atoms with E-state index in [1.807, 2.05) is 4.90 Å². The molecule has 0 radical (unpaired) electrons. The molecule has 2 fully saturated rings. The molecule has 1 spiro atoms. The van der Waals surface area contributed by atoms with Gasteiger partial charge >= 0.3 is 0 Å². The van der Waals surface area contributed by atoms with Crippen molar-refractivity contribution in [3.05, 3.63) is 0 Å². The van der Waals surface area contributed by atoms with Gasteiger partial charge in [0.05, 0.1) is 11.7 Å². The van der Waals surface area contributed by atoms with E-state index in [-0.39, 0.29) is 11.7 Å². The van der Waals surface area contributed by atoms with E-state index in [2.05, 4.69) is 33.0 Å². The van der Waals surface area contributed by atoms with Crippen LogP contribution in [0, 0.1) is 5.92 Å². The van der Waals surface area contributed by atoms with Gasteiger partial charge in [0.1, 0.15) is 0 Å². The Bertz CT molecular complexity index is 258. The summed E-state index contributed by atoms with van der Waals surface area (Å²) in [4.78, 5) is 14.1. The van der Waals surface area contributed by atoms with Gasteiger partial charge in [-0.15, -0.1) is 0 Å². The van der Waals surface area contributed by atoms with E-state index in [0.29, 0.717) is 17.9 Å². The quantitative estimate of drug-likeness (QED) is 0.723. The molecule has 0 aromatic rings. The van der Waals surface area contributed by atoms with E-state index in [0.717, 1.165) is 12.8 Å². The Morgan fingerprint density at radius 1 is 1.43 bits per heavy atom. The van der Waals surface area contributed by atoms with Crippen LogP contribution in [0.2, 0.25) is 0 Å². The summed E-state index contributed by atoms with van der Waals surface area (Å²) in [7, 11) is 0. The lowest BCUT2D eigenvalue weighted by atomic mass is 10.0. The van der Waals surface area contributed by atoms with Gasteiger partial charge in [-0.2, -0.15) is 0 Å². The third-order valence-electron chi connectivity index (χ3n) is 3.70. The van der Waals surface area contributed by atoms with E-state index < -0.39 is 0 Å². The van der Waals surface area contributed by atoms with Crippen LogP contribution in [0.5, 0.6) is 0 Å². The molecule has 1 saturated carbocycles. The lowest BCUT2D eigenvalue weighted by Crippen LogP contribution is -2.44. The molecule has 0 aromatic heterocycles. The number of hydrogen-bond acceptors (Lipinski definition) is 2. The molecule has 2 atom stereocenters. The first-order valence-electron chi connectivity index (χ1n) is 5.58. The molecule has 1 aliphatic heterocycles. The SMILES string of the molecule is CC(C)C(C)N1C(=O)C2(CC2)NC1C. The van der Waals surface area contributed by atoms with Crippen molar-refractivity contribution >= 4 is 5.91 Å². The van der Waals surface area contributed by atoms with Crippen LogP contribution in [0.25, 0.3) is 0 Å². The topological polar surface area (TPSA) is 32.3 Å². The average Bonchev–Trinajstić information content (AvgIpc) is 2.80. The lowest BCUT2D eigenvalue weighted by Gasteiger charge is -2.31. The highest BCUT2D eigenvalue weighted by atomic mass is 16.2. The first-order chi connectivity index (χ1) is 6.48. The highest BCUT2D eigenvalue weighted by Gasteiger charge is 2.58. The number of rotatable bonds is 2. The summed E-state index contributed by atoms with van der Waals surface area (Å²) >= 11 is 0. The van der Waals surface area contributed by atoms with Gasteiger partial charge in [0.25, 0.3) is 0 Å². The van der Waals surface area contributed by atoms with Gasteiger partial charge in [-0.25, -0.2) is 0 Å². The molecule has 0 bridgehead atoms. The minimum absolute atomic E-state index is 0.150. The van der Waals surface area contributed by atoms with Crippen molar-refractivity contribution in [1.82, 2.24) is 10.2 Å². The van der Waals surface area contributed by atoms with Crippen LogP contribution >= 0.6 is 0 Å².